The molecule has 1 atom stereocenters. The van der Waals surface area contributed by atoms with Gasteiger partial charge >= 0.3 is 5.97 Å². The van der Waals surface area contributed by atoms with Crippen LogP contribution in [-0.2, 0) is 15.1 Å². The van der Waals surface area contributed by atoms with Gasteiger partial charge < -0.3 is 9.47 Å². The van der Waals surface area contributed by atoms with E-state index in [1.807, 2.05) is 60.7 Å². The van der Waals surface area contributed by atoms with Gasteiger partial charge in [-0.2, -0.15) is 0 Å². The highest BCUT2D eigenvalue weighted by Gasteiger charge is 2.45. The summed E-state index contributed by atoms with van der Waals surface area (Å²) in [6, 6.07) is 32.4. The van der Waals surface area contributed by atoms with Gasteiger partial charge in [0.1, 0.15) is 12.4 Å². The zero-order valence-electron chi connectivity index (χ0n) is 17.1. The summed E-state index contributed by atoms with van der Waals surface area (Å²) in [6.45, 7) is 4.11. The summed E-state index contributed by atoms with van der Waals surface area (Å²) in [5, 5.41) is 2.26. The molecule has 31 heavy (non-hydrogen) atoms. The third kappa shape index (κ3) is 3.71. The molecule has 4 aromatic rings. The highest BCUT2D eigenvalue weighted by molar-refractivity contribution is 5.91. The van der Waals surface area contributed by atoms with Crippen molar-refractivity contribution in [2.45, 2.75) is 12.0 Å². The van der Waals surface area contributed by atoms with E-state index in [-0.39, 0.29) is 12.6 Å². The van der Waals surface area contributed by atoms with Crippen LogP contribution >= 0.6 is 0 Å². The van der Waals surface area contributed by atoms with E-state index >= 15 is 0 Å². The lowest BCUT2D eigenvalue weighted by molar-refractivity contribution is -0.150. The molecule has 3 heteroatoms. The fourth-order valence-corrected chi connectivity index (χ4v) is 4.08. The normalized spacial score (nSPS) is 18.2. The Morgan fingerprint density at radius 1 is 0.806 bits per heavy atom. The molecule has 152 valence electrons. The van der Waals surface area contributed by atoms with Crippen molar-refractivity contribution in [1.82, 2.24) is 0 Å². The number of esters is 1. The van der Waals surface area contributed by atoms with Gasteiger partial charge in [0, 0.05) is 12.0 Å². The third-order valence-electron chi connectivity index (χ3n) is 5.79. The van der Waals surface area contributed by atoms with Crippen LogP contribution in [0, 0.1) is 0 Å². The number of carbonyl (C=O) groups excluding carboxylic acids is 1. The highest BCUT2D eigenvalue weighted by atomic mass is 16.6. The van der Waals surface area contributed by atoms with Gasteiger partial charge in [0.25, 0.3) is 0 Å². The van der Waals surface area contributed by atoms with E-state index in [0.717, 1.165) is 33.2 Å². The first-order valence-corrected chi connectivity index (χ1v) is 10.3. The van der Waals surface area contributed by atoms with Gasteiger partial charge in [0.2, 0.25) is 0 Å². The Morgan fingerprint density at radius 2 is 1.48 bits per heavy atom. The molecule has 1 aliphatic heterocycles. The maximum absolute atomic E-state index is 12.3. The van der Waals surface area contributed by atoms with Crippen LogP contribution in [0.15, 0.2) is 109 Å². The van der Waals surface area contributed by atoms with Gasteiger partial charge in [-0.3, -0.25) is 0 Å². The quantitative estimate of drug-likeness (QED) is 0.289. The minimum atomic E-state index is -0.880. The molecular weight excluding hydrogens is 384 g/mol. The van der Waals surface area contributed by atoms with Gasteiger partial charge in [-0.1, -0.05) is 91.5 Å². The van der Waals surface area contributed by atoms with Gasteiger partial charge in [-0.25, -0.2) is 4.79 Å². The first kappa shape index (κ1) is 19.1. The summed E-state index contributed by atoms with van der Waals surface area (Å²) in [4.78, 5) is 12.3. The van der Waals surface area contributed by atoms with Gasteiger partial charge in [-0.05, 0) is 39.6 Å². The van der Waals surface area contributed by atoms with Crippen molar-refractivity contribution in [3.8, 4) is 16.9 Å². The fraction of sp³-hybridized carbons (Fsp3) is 0.107. The highest BCUT2D eigenvalue weighted by Crippen LogP contribution is 2.40. The van der Waals surface area contributed by atoms with Crippen molar-refractivity contribution in [2.24, 2.45) is 0 Å². The van der Waals surface area contributed by atoms with Crippen LogP contribution in [0.5, 0.6) is 5.75 Å². The number of benzene rings is 4. The molecule has 0 radical (unpaired) electrons. The molecule has 0 aromatic heterocycles. The Labute approximate surface area is 181 Å². The molecule has 0 N–H and O–H groups in total. The second-order valence-corrected chi connectivity index (χ2v) is 7.91. The number of fused-ring (bicyclic) bond motifs is 1. The minimum absolute atomic E-state index is 0.223. The number of rotatable bonds is 5. The summed E-state index contributed by atoms with van der Waals surface area (Å²) in [7, 11) is 0. The second kappa shape index (κ2) is 7.77. The van der Waals surface area contributed by atoms with E-state index in [0.29, 0.717) is 12.0 Å². The van der Waals surface area contributed by atoms with E-state index in [1.54, 1.807) is 0 Å². The molecule has 0 saturated carbocycles. The Kier molecular flexibility index (Phi) is 4.79. The van der Waals surface area contributed by atoms with E-state index in [2.05, 4.69) is 43.0 Å². The molecule has 1 aliphatic rings. The van der Waals surface area contributed by atoms with Crippen LogP contribution in [0.3, 0.4) is 0 Å². The third-order valence-corrected chi connectivity index (χ3v) is 5.79. The van der Waals surface area contributed by atoms with E-state index in [9.17, 15) is 4.79 Å². The largest absolute Gasteiger partial charge is 0.489 e. The predicted molar refractivity (Wildman–Crippen MR) is 123 cm³/mol. The second-order valence-electron chi connectivity index (χ2n) is 7.91. The van der Waals surface area contributed by atoms with Gasteiger partial charge in [0.15, 0.2) is 5.60 Å². The average molecular weight is 406 g/mol. The Hall–Kier alpha value is -3.85. The molecule has 0 aliphatic carbocycles. The summed E-state index contributed by atoms with van der Waals surface area (Å²) >= 11 is 0. The van der Waals surface area contributed by atoms with Crippen molar-refractivity contribution < 1.29 is 14.3 Å². The molecule has 0 amide bonds. The van der Waals surface area contributed by atoms with Crippen LogP contribution in [0.4, 0.5) is 0 Å². The van der Waals surface area contributed by atoms with E-state index in [1.165, 1.54) is 0 Å². The summed E-state index contributed by atoms with van der Waals surface area (Å²) < 4.78 is 12.0. The minimum Gasteiger partial charge on any atom is -0.489 e. The lowest BCUT2D eigenvalue weighted by Gasteiger charge is -2.28. The summed E-state index contributed by atoms with van der Waals surface area (Å²) in [5.74, 6) is 0.377. The molecule has 1 saturated heterocycles. The van der Waals surface area contributed by atoms with E-state index < -0.39 is 5.60 Å². The molecule has 0 bridgehead atoms. The number of hydrogen-bond donors (Lipinski definition) is 0. The Balaban J connectivity index is 1.44. The van der Waals surface area contributed by atoms with Gasteiger partial charge in [-0.15, -0.1) is 0 Å². The Bertz CT molecular complexity index is 1240. The summed E-state index contributed by atoms with van der Waals surface area (Å²) in [5.41, 5.74) is 2.74. The first-order valence-electron chi connectivity index (χ1n) is 10.3. The van der Waals surface area contributed by atoms with Crippen LogP contribution in [0.2, 0.25) is 0 Å². The monoisotopic (exact) mass is 406 g/mol. The number of cyclic esters (lactones) is 1. The van der Waals surface area contributed by atoms with Gasteiger partial charge in [0.05, 0.1) is 0 Å². The van der Waals surface area contributed by atoms with Crippen molar-refractivity contribution in [3.63, 3.8) is 0 Å². The van der Waals surface area contributed by atoms with Crippen LogP contribution in [0.1, 0.15) is 12.0 Å². The average Bonchev–Trinajstić information content (AvgIpc) is 3.12. The zero-order chi connectivity index (χ0) is 21.3. The lowest BCUT2D eigenvalue weighted by atomic mass is 9.89. The number of hydrogen-bond acceptors (Lipinski definition) is 3. The standard InChI is InChI=1S/C28H22O3/c1-20-18-28(31-27(20)29,19-30-26-16-13-22-9-5-6-10-24(22)17-26)25-14-11-23(12-15-25)21-7-3-2-4-8-21/h2-17H,1,18-19H2. The van der Waals surface area contributed by atoms with Crippen LogP contribution in [0.25, 0.3) is 21.9 Å². The molecule has 1 unspecified atom stereocenters. The SMILES string of the molecule is C=C1CC(COc2ccc3ccccc3c2)(c2ccc(-c3ccccc3)cc2)OC1=O. The van der Waals surface area contributed by atoms with Crippen molar-refractivity contribution in [1.29, 1.82) is 0 Å². The maximum Gasteiger partial charge on any atom is 0.334 e. The molecule has 5 rings (SSSR count). The van der Waals surface area contributed by atoms with Crippen molar-refractivity contribution in [2.75, 3.05) is 6.61 Å². The van der Waals surface area contributed by atoms with Crippen molar-refractivity contribution in [3.05, 3.63) is 115 Å². The predicted octanol–water partition coefficient (Wildman–Crippen LogP) is 6.28. The summed E-state index contributed by atoms with van der Waals surface area (Å²) in [6.07, 6.45) is 0.407. The zero-order valence-corrected chi connectivity index (χ0v) is 17.1. The maximum atomic E-state index is 12.3. The fourth-order valence-electron chi connectivity index (χ4n) is 4.08. The smallest absolute Gasteiger partial charge is 0.334 e. The van der Waals surface area contributed by atoms with E-state index in [4.69, 9.17) is 9.47 Å². The molecule has 1 heterocycles. The van der Waals surface area contributed by atoms with Crippen LogP contribution in [-0.4, -0.2) is 12.6 Å². The number of ether oxygens (including phenoxy) is 2. The molecule has 3 nitrogen and oxygen atoms in total. The lowest BCUT2D eigenvalue weighted by Crippen LogP contribution is -2.33. The number of carbonyl (C=O) groups is 1. The molecule has 1 fully saturated rings. The molecule has 0 spiro atoms. The first-order chi connectivity index (χ1) is 15.1. The van der Waals surface area contributed by atoms with Crippen LogP contribution < -0.4 is 4.74 Å². The Morgan fingerprint density at radius 3 is 2.19 bits per heavy atom. The molecule has 4 aromatic carbocycles. The van der Waals surface area contributed by atoms with Crippen molar-refractivity contribution >= 4 is 16.7 Å². The molecular formula is C28H22O3. The topological polar surface area (TPSA) is 35.5 Å².